The van der Waals surface area contributed by atoms with Gasteiger partial charge in [-0.1, -0.05) is 12.1 Å². The molecule has 1 heterocycles. The first-order valence-corrected chi connectivity index (χ1v) is 4.77. The maximum atomic E-state index is 5.18. The Hall–Kier alpha value is -1.77. The Morgan fingerprint density at radius 2 is 2.27 bits per heavy atom. The van der Waals surface area contributed by atoms with Crippen molar-refractivity contribution >= 4 is 0 Å². The molecular weight excluding hydrogens is 188 g/mol. The number of nitrogens with zero attached hydrogens (tertiary/aromatic N) is 2. The number of hydrogen-bond donors (Lipinski definition) is 0. The van der Waals surface area contributed by atoms with E-state index < -0.39 is 0 Å². The second-order valence-electron chi connectivity index (χ2n) is 3.29. The minimum atomic E-state index is 0.868. The number of aromatic nitrogens is 2. The Balaban J connectivity index is 2.29. The lowest BCUT2D eigenvalue weighted by atomic mass is 10.1. The van der Waals surface area contributed by atoms with Gasteiger partial charge < -0.3 is 9.30 Å². The lowest BCUT2D eigenvalue weighted by molar-refractivity contribution is 0.414. The van der Waals surface area contributed by atoms with Crippen LogP contribution in [0, 0.1) is 6.04 Å². The maximum Gasteiger partial charge on any atom is 0.119 e. The molecule has 0 fully saturated rings. The molecule has 0 atom stereocenters. The van der Waals surface area contributed by atoms with Crippen LogP contribution in [0.5, 0.6) is 5.75 Å². The Bertz CT molecular complexity index is 423. The van der Waals surface area contributed by atoms with Gasteiger partial charge in [-0.3, -0.25) is 0 Å². The highest BCUT2D eigenvalue weighted by Crippen LogP contribution is 2.20. The van der Waals surface area contributed by atoms with Crippen molar-refractivity contribution in [2.75, 3.05) is 7.11 Å². The van der Waals surface area contributed by atoms with Gasteiger partial charge >= 0.3 is 0 Å². The van der Waals surface area contributed by atoms with Crippen LogP contribution < -0.4 is 4.74 Å². The van der Waals surface area contributed by atoms with Gasteiger partial charge in [0, 0.05) is 12.4 Å². The Morgan fingerprint density at radius 3 is 2.93 bits per heavy atom. The van der Waals surface area contributed by atoms with E-state index in [1.165, 1.54) is 0 Å². The summed E-state index contributed by atoms with van der Waals surface area (Å²) in [6.45, 7) is 2.05. The summed E-state index contributed by atoms with van der Waals surface area (Å²) in [5, 5.41) is 0. The summed E-state index contributed by atoms with van der Waals surface area (Å²) in [7, 11) is 1.67. The Kier molecular flexibility index (Phi) is 2.72. The van der Waals surface area contributed by atoms with Gasteiger partial charge in [0.2, 0.25) is 0 Å². The van der Waals surface area contributed by atoms with Crippen molar-refractivity contribution in [3.8, 4) is 5.75 Å². The van der Waals surface area contributed by atoms with Gasteiger partial charge in [0.1, 0.15) is 5.75 Å². The third-order valence-corrected chi connectivity index (χ3v) is 2.38. The first-order chi connectivity index (χ1) is 7.31. The summed E-state index contributed by atoms with van der Waals surface area (Å²) in [6.07, 6.45) is 5.48. The van der Waals surface area contributed by atoms with Crippen molar-refractivity contribution in [1.82, 2.24) is 9.55 Å². The van der Waals surface area contributed by atoms with E-state index >= 15 is 0 Å². The van der Waals surface area contributed by atoms with Gasteiger partial charge in [0.25, 0.3) is 0 Å². The molecule has 0 N–H and O–H groups in total. The van der Waals surface area contributed by atoms with Gasteiger partial charge in [0.15, 0.2) is 0 Å². The average Bonchev–Trinajstić information content (AvgIpc) is 2.81. The van der Waals surface area contributed by atoms with E-state index in [1.54, 1.807) is 19.6 Å². The van der Waals surface area contributed by atoms with Crippen LogP contribution in [0.25, 0.3) is 0 Å². The third kappa shape index (κ3) is 2.01. The zero-order valence-corrected chi connectivity index (χ0v) is 8.84. The van der Waals surface area contributed by atoms with Crippen LogP contribution >= 0.6 is 0 Å². The molecule has 3 nitrogen and oxygen atoms in total. The second-order valence-corrected chi connectivity index (χ2v) is 3.29. The van der Waals surface area contributed by atoms with Crippen molar-refractivity contribution in [2.45, 2.75) is 6.92 Å². The summed E-state index contributed by atoms with van der Waals surface area (Å²) in [5.41, 5.74) is 1.13. The quantitative estimate of drug-likeness (QED) is 0.762. The Labute approximate surface area is 89.3 Å². The van der Waals surface area contributed by atoms with Crippen LogP contribution in [-0.4, -0.2) is 16.7 Å². The van der Waals surface area contributed by atoms with Crippen LogP contribution in [0.15, 0.2) is 43.0 Å². The highest BCUT2D eigenvalue weighted by molar-refractivity contribution is 5.36. The molecule has 0 saturated heterocycles. The van der Waals surface area contributed by atoms with E-state index in [1.807, 2.05) is 29.0 Å². The van der Waals surface area contributed by atoms with Gasteiger partial charge in [-0.2, -0.15) is 0 Å². The molecule has 77 valence electrons. The van der Waals surface area contributed by atoms with E-state index in [9.17, 15) is 0 Å². The molecule has 0 amide bonds. The number of methoxy groups -OCH3 is 1. The minimum Gasteiger partial charge on any atom is -0.497 e. The average molecular weight is 201 g/mol. The number of benzene rings is 1. The molecule has 2 rings (SSSR count). The van der Waals surface area contributed by atoms with Crippen molar-refractivity contribution in [2.24, 2.45) is 0 Å². The van der Waals surface area contributed by atoms with E-state index in [-0.39, 0.29) is 0 Å². The molecule has 1 aromatic heterocycles. The molecule has 1 aromatic carbocycles. The van der Waals surface area contributed by atoms with Crippen molar-refractivity contribution in [3.05, 3.63) is 54.6 Å². The minimum absolute atomic E-state index is 0.868. The molecule has 0 unspecified atom stereocenters. The summed E-state index contributed by atoms with van der Waals surface area (Å²) < 4.78 is 7.17. The monoisotopic (exact) mass is 201 g/mol. The van der Waals surface area contributed by atoms with Gasteiger partial charge in [0.05, 0.1) is 19.5 Å². The highest BCUT2D eigenvalue weighted by atomic mass is 16.5. The molecule has 0 saturated carbocycles. The summed E-state index contributed by atoms with van der Waals surface area (Å²) in [5.74, 6) is 0.868. The molecule has 2 aromatic rings. The molecule has 0 aliphatic carbocycles. The summed E-state index contributed by atoms with van der Waals surface area (Å²) >= 11 is 0. The van der Waals surface area contributed by atoms with Crippen LogP contribution in [0.1, 0.15) is 12.5 Å². The van der Waals surface area contributed by atoms with Crippen molar-refractivity contribution in [3.63, 3.8) is 0 Å². The van der Waals surface area contributed by atoms with Crippen LogP contribution in [0.3, 0.4) is 0 Å². The first-order valence-electron chi connectivity index (χ1n) is 4.77. The standard InChI is InChI=1S/C12H13N2O/c1-10(14-7-6-13-9-14)11-4-3-5-12(8-11)15-2/h3-9H,1-2H3. The third-order valence-electron chi connectivity index (χ3n) is 2.38. The fourth-order valence-corrected chi connectivity index (χ4v) is 1.45. The fourth-order valence-electron chi connectivity index (χ4n) is 1.45. The molecule has 0 aliphatic rings. The molecular formula is C12H13N2O. The smallest absolute Gasteiger partial charge is 0.119 e. The fraction of sp³-hybridized carbons (Fsp3) is 0.167. The normalized spacial score (nSPS) is 10.6. The van der Waals surface area contributed by atoms with E-state index in [2.05, 4.69) is 18.0 Å². The van der Waals surface area contributed by atoms with E-state index in [0.717, 1.165) is 17.4 Å². The maximum absolute atomic E-state index is 5.18. The van der Waals surface area contributed by atoms with Crippen LogP contribution in [-0.2, 0) is 0 Å². The molecule has 0 bridgehead atoms. The summed E-state index contributed by atoms with van der Waals surface area (Å²) in [6, 6.07) is 9.11. The zero-order chi connectivity index (χ0) is 10.7. The highest BCUT2D eigenvalue weighted by Gasteiger charge is 2.08. The topological polar surface area (TPSA) is 27.1 Å². The van der Waals surface area contributed by atoms with Gasteiger partial charge in [-0.15, -0.1) is 0 Å². The van der Waals surface area contributed by atoms with E-state index in [4.69, 9.17) is 4.74 Å². The largest absolute Gasteiger partial charge is 0.497 e. The predicted octanol–water partition coefficient (Wildman–Crippen LogP) is 2.34. The number of hydrogen-bond acceptors (Lipinski definition) is 2. The lowest BCUT2D eigenvalue weighted by Crippen LogP contribution is -2.05. The number of rotatable bonds is 3. The van der Waals surface area contributed by atoms with E-state index in [0.29, 0.717) is 0 Å². The number of imidazole rings is 1. The molecule has 0 spiro atoms. The van der Waals surface area contributed by atoms with Gasteiger partial charge in [-0.25, -0.2) is 4.98 Å². The van der Waals surface area contributed by atoms with Crippen molar-refractivity contribution < 1.29 is 4.74 Å². The van der Waals surface area contributed by atoms with Crippen LogP contribution in [0.4, 0.5) is 0 Å². The molecule has 3 heteroatoms. The van der Waals surface area contributed by atoms with Crippen LogP contribution in [0.2, 0.25) is 0 Å². The SMILES string of the molecule is COc1cccc([C](C)n2ccnc2)c1. The number of ether oxygens (including phenoxy) is 1. The molecule has 1 radical (unpaired) electrons. The van der Waals surface area contributed by atoms with Crippen molar-refractivity contribution in [1.29, 1.82) is 0 Å². The molecule has 15 heavy (non-hydrogen) atoms. The lowest BCUT2D eigenvalue weighted by Gasteiger charge is -2.12. The Morgan fingerprint density at radius 1 is 1.40 bits per heavy atom. The molecule has 0 aliphatic heterocycles. The predicted molar refractivity (Wildman–Crippen MR) is 58.6 cm³/mol. The first kappa shape index (κ1) is 9.77. The van der Waals surface area contributed by atoms with Gasteiger partial charge in [-0.05, 0) is 24.6 Å². The zero-order valence-electron chi connectivity index (χ0n) is 8.84. The summed E-state index contributed by atoms with van der Waals surface area (Å²) in [4.78, 5) is 4.02. The second kappa shape index (κ2) is 4.17.